The van der Waals surface area contributed by atoms with Crippen molar-refractivity contribution in [3.8, 4) is 11.5 Å². The summed E-state index contributed by atoms with van der Waals surface area (Å²) >= 11 is 0. The van der Waals surface area contributed by atoms with Crippen molar-refractivity contribution >= 4 is 24.2 Å². The first-order chi connectivity index (χ1) is 19.2. The maximum atomic E-state index is 12.7. The third kappa shape index (κ3) is 14.2. The van der Waals surface area contributed by atoms with Crippen LogP contribution < -0.4 is 15.2 Å². The summed E-state index contributed by atoms with van der Waals surface area (Å²) < 4.78 is 31.9. The van der Waals surface area contributed by atoms with E-state index in [0.29, 0.717) is 18.4 Å². The minimum Gasteiger partial charge on any atom is -0.459 e. The van der Waals surface area contributed by atoms with Gasteiger partial charge in [0.05, 0.1) is 0 Å². The van der Waals surface area contributed by atoms with E-state index in [-0.39, 0.29) is 48.4 Å². The van der Waals surface area contributed by atoms with Gasteiger partial charge < -0.3 is 34.2 Å². The Balaban J connectivity index is 2.97. The number of ether oxygens (including phenoxy) is 6. The van der Waals surface area contributed by atoms with Gasteiger partial charge in [-0.15, -0.1) is 0 Å². The van der Waals surface area contributed by atoms with E-state index in [0.717, 1.165) is 12.8 Å². The highest BCUT2D eigenvalue weighted by Gasteiger charge is 2.25. The molecule has 0 amide bonds. The van der Waals surface area contributed by atoms with E-state index in [1.165, 1.54) is 12.1 Å². The van der Waals surface area contributed by atoms with Crippen LogP contribution in [0, 0.1) is 5.92 Å². The van der Waals surface area contributed by atoms with Gasteiger partial charge in [-0.2, -0.15) is 0 Å². The number of rotatable bonds is 16. The molecule has 41 heavy (non-hydrogen) atoms. The molecule has 0 spiro atoms. The van der Waals surface area contributed by atoms with Crippen LogP contribution in [0.1, 0.15) is 93.1 Å². The highest BCUT2D eigenvalue weighted by molar-refractivity contribution is 5.76. The zero-order valence-electron chi connectivity index (χ0n) is 25.6. The number of esters is 2. The number of hydrogen-bond donors (Lipinski definition) is 1. The SMILES string of the molecule is CCCC(C)OC(=O)Oc1ccc(C[C@H](N)C(=O)O[C@@H](C)[C@H](C)OC(=O)CC(C)C)cc1OC(=O)OC(C)CCC. The Bertz CT molecular complexity index is 995. The number of hydrogen-bond acceptors (Lipinski definition) is 11. The van der Waals surface area contributed by atoms with Crippen LogP contribution in [0.15, 0.2) is 18.2 Å². The Morgan fingerprint density at radius 3 is 1.76 bits per heavy atom. The molecule has 0 fully saturated rings. The average Bonchev–Trinajstić information content (AvgIpc) is 2.84. The molecule has 0 heterocycles. The summed E-state index contributed by atoms with van der Waals surface area (Å²) in [6, 6.07) is 3.34. The second-order valence-electron chi connectivity index (χ2n) is 10.7. The largest absolute Gasteiger partial charge is 0.514 e. The van der Waals surface area contributed by atoms with Gasteiger partial charge in [0, 0.05) is 6.42 Å². The van der Waals surface area contributed by atoms with Crippen LogP contribution in [0.25, 0.3) is 0 Å². The van der Waals surface area contributed by atoms with Crippen LogP contribution in [0.3, 0.4) is 0 Å². The van der Waals surface area contributed by atoms with Gasteiger partial charge in [-0.25, -0.2) is 9.59 Å². The van der Waals surface area contributed by atoms with E-state index in [4.69, 9.17) is 34.2 Å². The highest BCUT2D eigenvalue weighted by Crippen LogP contribution is 2.30. The number of nitrogens with two attached hydrogens (primary N) is 1. The Labute approximate surface area is 243 Å². The van der Waals surface area contributed by atoms with E-state index < -0.39 is 36.5 Å². The number of carbonyl (C=O) groups excluding carboxylic acids is 4. The molecular weight excluding hydrogens is 534 g/mol. The fourth-order valence-corrected chi connectivity index (χ4v) is 3.72. The zero-order valence-corrected chi connectivity index (χ0v) is 25.6. The van der Waals surface area contributed by atoms with E-state index >= 15 is 0 Å². The van der Waals surface area contributed by atoms with Crippen molar-refractivity contribution in [3.63, 3.8) is 0 Å². The minimum atomic E-state index is -1.08. The standard InChI is InChI=1S/C30H47NO10/c1-9-11-19(5)36-29(34)40-25-14-13-23(17-26(25)41-30(35)37-20(6)12-10-2)16-24(31)28(33)39-22(8)21(7)38-27(32)15-18(3)4/h13-14,17-22,24H,9-12,15-16,31H2,1-8H3/t19?,20?,21-,22-,24-/m0/s1. The molecule has 1 rings (SSSR count). The molecule has 11 nitrogen and oxygen atoms in total. The zero-order chi connectivity index (χ0) is 31.1. The summed E-state index contributed by atoms with van der Waals surface area (Å²) in [5, 5.41) is 0. The normalized spacial score (nSPS) is 14.7. The molecule has 232 valence electrons. The summed E-state index contributed by atoms with van der Waals surface area (Å²) in [5.41, 5.74) is 6.60. The van der Waals surface area contributed by atoms with Crippen LogP contribution in [-0.4, -0.2) is 54.7 Å². The molecule has 2 N–H and O–H groups in total. The lowest BCUT2D eigenvalue weighted by atomic mass is 10.1. The molecule has 0 aliphatic carbocycles. The van der Waals surface area contributed by atoms with Gasteiger partial charge in [0.2, 0.25) is 0 Å². The highest BCUT2D eigenvalue weighted by atomic mass is 16.7. The summed E-state index contributed by atoms with van der Waals surface area (Å²) in [6.07, 6.45) is -0.827. The summed E-state index contributed by atoms with van der Waals surface area (Å²) in [6.45, 7) is 14.5. The smallest absolute Gasteiger partial charge is 0.459 e. The molecule has 11 heteroatoms. The van der Waals surface area contributed by atoms with Gasteiger partial charge in [0.1, 0.15) is 30.5 Å². The molecule has 0 aromatic heterocycles. The molecule has 0 saturated heterocycles. The van der Waals surface area contributed by atoms with Crippen LogP contribution in [0.4, 0.5) is 9.59 Å². The number of benzene rings is 1. The molecule has 0 aliphatic heterocycles. The van der Waals surface area contributed by atoms with Gasteiger partial charge in [-0.05, 0) is 70.6 Å². The monoisotopic (exact) mass is 581 g/mol. The van der Waals surface area contributed by atoms with Crippen molar-refractivity contribution in [2.24, 2.45) is 11.7 Å². The predicted molar refractivity (Wildman–Crippen MR) is 152 cm³/mol. The second-order valence-corrected chi connectivity index (χ2v) is 10.7. The second kappa shape index (κ2) is 18.2. The average molecular weight is 582 g/mol. The van der Waals surface area contributed by atoms with E-state index in [2.05, 4.69) is 0 Å². The molecule has 5 atom stereocenters. The van der Waals surface area contributed by atoms with Gasteiger partial charge in [-0.1, -0.05) is 46.6 Å². The van der Waals surface area contributed by atoms with Gasteiger partial charge in [0.15, 0.2) is 11.5 Å². The fourth-order valence-electron chi connectivity index (χ4n) is 3.72. The first-order valence-electron chi connectivity index (χ1n) is 14.3. The van der Waals surface area contributed by atoms with Crippen molar-refractivity contribution in [1.29, 1.82) is 0 Å². The third-order valence-electron chi connectivity index (χ3n) is 5.99. The van der Waals surface area contributed by atoms with Crippen LogP contribution in [0.2, 0.25) is 0 Å². The van der Waals surface area contributed by atoms with Crippen molar-refractivity contribution in [3.05, 3.63) is 23.8 Å². The number of carbonyl (C=O) groups is 4. The molecule has 0 bridgehead atoms. The molecule has 0 radical (unpaired) electrons. The molecule has 1 aromatic carbocycles. The van der Waals surface area contributed by atoms with Crippen LogP contribution in [-0.2, 0) is 35.0 Å². The Kier molecular flexibility index (Phi) is 15.8. The molecule has 2 unspecified atom stereocenters. The van der Waals surface area contributed by atoms with E-state index in [9.17, 15) is 19.2 Å². The molecular formula is C30H47NO10. The van der Waals surface area contributed by atoms with Crippen molar-refractivity contribution in [1.82, 2.24) is 0 Å². The van der Waals surface area contributed by atoms with Crippen LogP contribution in [0.5, 0.6) is 11.5 Å². The summed E-state index contributed by atoms with van der Waals surface area (Å²) in [5.74, 6) is -1.10. The minimum absolute atomic E-state index is 0.0168. The van der Waals surface area contributed by atoms with Crippen LogP contribution >= 0.6 is 0 Å². The lowest BCUT2D eigenvalue weighted by molar-refractivity contribution is -0.166. The van der Waals surface area contributed by atoms with Gasteiger partial charge in [-0.3, -0.25) is 9.59 Å². The van der Waals surface area contributed by atoms with Crippen molar-refractivity contribution < 1.29 is 47.6 Å². The molecule has 1 aromatic rings. The van der Waals surface area contributed by atoms with Gasteiger partial charge >= 0.3 is 24.2 Å². The summed E-state index contributed by atoms with van der Waals surface area (Å²) in [7, 11) is 0. The third-order valence-corrected chi connectivity index (χ3v) is 5.99. The van der Waals surface area contributed by atoms with E-state index in [1.54, 1.807) is 33.8 Å². The first kappa shape index (κ1) is 35.7. The lowest BCUT2D eigenvalue weighted by Gasteiger charge is -2.23. The maximum absolute atomic E-state index is 12.7. The Morgan fingerprint density at radius 1 is 0.732 bits per heavy atom. The summed E-state index contributed by atoms with van der Waals surface area (Å²) in [4.78, 5) is 49.3. The Hall–Kier alpha value is -3.34. The first-order valence-corrected chi connectivity index (χ1v) is 14.3. The molecule has 0 aliphatic rings. The maximum Gasteiger partial charge on any atom is 0.514 e. The quantitative estimate of drug-likeness (QED) is 0.142. The fraction of sp³-hybridized carbons (Fsp3) is 0.667. The predicted octanol–water partition coefficient (Wildman–Crippen LogP) is 5.87. The van der Waals surface area contributed by atoms with Crippen molar-refractivity contribution in [2.75, 3.05) is 0 Å². The van der Waals surface area contributed by atoms with Crippen molar-refractivity contribution in [2.45, 2.75) is 124 Å². The topological polar surface area (TPSA) is 150 Å². The Morgan fingerprint density at radius 2 is 1.24 bits per heavy atom. The molecule has 0 saturated carbocycles. The van der Waals surface area contributed by atoms with Gasteiger partial charge in [0.25, 0.3) is 0 Å². The van der Waals surface area contributed by atoms with E-state index in [1.807, 2.05) is 27.7 Å². The lowest BCUT2D eigenvalue weighted by Crippen LogP contribution is -2.39.